The topological polar surface area (TPSA) is 27.7 Å². The lowest BCUT2D eigenvalue weighted by Crippen LogP contribution is -2.50. The molecule has 19 heavy (non-hydrogen) atoms. The number of hydrogen-bond donors (Lipinski definition) is 0. The molecular weight excluding hydrogens is 292 g/mol. The summed E-state index contributed by atoms with van der Waals surface area (Å²) in [5.41, 5.74) is 0. The highest BCUT2D eigenvalue weighted by Gasteiger charge is 2.42. The molecule has 3 nitrogen and oxygen atoms in total. The zero-order valence-electron chi connectivity index (χ0n) is 13.6. The van der Waals surface area contributed by atoms with E-state index in [0.29, 0.717) is 0 Å². The summed E-state index contributed by atoms with van der Waals surface area (Å²) in [5.74, 6) is 0. The quantitative estimate of drug-likeness (QED) is 0.500. The molecule has 0 bridgehead atoms. The number of rotatable bonds is 12. The molecule has 6 heteroatoms. The van der Waals surface area contributed by atoms with Crippen molar-refractivity contribution in [3.63, 3.8) is 0 Å². The first-order valence-electron chi connectivity index (χ1n) is 7.45. The number of hydrogen-bond acceptors (Lipinski definition) is 4. The smallest absolute Gasteiger partial charge is 0.373 e. The van der Waals surface area contributed by atoms with Crippen LogP contribution in [0.2, 0.25) is 19.6 Å². The van der Waals surface area contributed by atoms with Gasteiger partial charge in [0, 0.05) is 19.8 Å². The molecule has 0 aromatic carbocycles. The molecule has 0 amide bonds. The first kappa shape index (κ1) is 19.7. The molecule has 0 heterocycles. The van der Waals surface area contributed by atoms with E-state index in [0.717, 1.165) is 44.5 Å². The van der Waals surface area contributed by atoms with E-state index in [-0.39, 0.29) is 0 Å². The van der Waals surface area contributed by atoms with Crippen molar-refractivity contribution in [2.24, 2.45) is 0 Å². The predicted molar refractivity (Wildman–Crippen MR) is 90.3 cm³/mol. The van der Waals surface area contributed by atoms with Crippen LogP contribution in [0.4, 0.5) is 0 Å². The normalized spacial score (nSPS) is 12.9. The van der Waals surface area contributed by atoms with Gasteiger partial charge in [0.1, 0.15) is 7.22 Å². The highest BCUT2D eigenvalue weighted by Crippen LogP contribution is 2.26. The minimum atomic E-state index is -2.47. The Kier molecular flexibility index (Phi) is 10.8. The Labute approximate surface area is 125 Å². The molecule has 0 aliphatic heterocycles. The molecule has 0 atom stereocenters. The van der Waals surface area contributed by atoms with Crippen LogP contribution in [0.3, 0.4) is 0 Å². The summed E-state index contributed by atoms with van der Waals surface area (Å²) in [5, 5.41) is 0.905. The standard InChI is InChI=1S/C13H32O3SSi2/c1-7-10-14-19(15-11-8-2,16-12-9-3)13-17-18(4,5)6/h7-13H2,1-6H3. The van der Waals surface area contributed by atoms with Gasteiger partial charge in [-0.1, -0.05) is 40.4 Å². The Hall–Kier alpha value is 0.664. The predicted octanol–water partition coefficient (Wildman–Crippen LogP) is 4.31. The van der Waals surface area contributed by atoms with E-state index in [4.69, 9.17) is 13.3 Å². The van der Waals surface area contributed by atoms with Gasteiger partial charge in [0.2, 0.25) is 0 Å². The molecule has 0 radical (unpaired) electrons. The van der Waals surface area contributed by atoms with Crippen molar-refractivity contribution in [2.75, 3.05) is 25.2 Å². The molecule has 0 saturated heterocycles. The molecule has 0 fully saturated rings. The van der Waals surface area contributed by atoms with Gasteiger partial charge in [0.25, 0.3) is 0 Å². The lowest BCUT2D eigenvalue weighted by atomic mass is 10.5. The maximum absolute atomic E-state index is 6.07. The zero-order valence-corrected chi connectivity index (χ0v) is 16.4. The van der Waals surface area contributed by atoms with Crippen LogP contribution in [0.15, 0.2) is 0 Å². The fraction of sp³-hybridized carbons (Fsp3) is 1.00. The minimum Gasteiger partial charge on any atom is -0.373 e. The van der Waals surface area contributed by atoms with Crippen molar-refractivity contribution in [3.8, 4) is 0 Å². The van der Waals surface area contributed by atoms with E-state index >= 15 is 0 Å². The molecule has 0 aliphatic carbocycles. The molecule has 116 valence electrons. The van der Waals surface area contributed by atoms with Gasteiger partial charge in [0.15, 0.2) is 0 Å². The monoisotopic (exact) mass is 324 g/mol. The Morgan fingerprint density at radius 1 is 0.737 bits per heavy atom. The summed E-state index contributed by atoms with van der Waals surface area (Å²) in [6.07, 6.45) is 3.03. The van der Waals surface area contributed by atoms with Gasteiger partial charge < -0.3 is 13.3 Å². The Morgan fingerprint density at radius 2 is 1.11 bits per heavy atom. The van der Waals surface area contributed by atoms with Crippen LogP contribution in [0.5, 0.6) is 0 Å². The summed E-state index contributed by atoms with van der Waals surface area (Å²) in [6.45, 7) is 15.7. The van der Waals surface area contributed by atoms with Crippen LogP contribution in [-0.4, -0.2) is 41.2 Å². The lowest BCUT2D eigenvalue weighted by Gasteiger charge is -2.31. The molecule has 0 aliphatic rings. The molecule has 0 unspecified atom stereocenters. The van der Waals surface area contributed by atoms with Crippen molar-refractivity contribution in [1.82, 2.24) is 0 Å². The second kappa shape index (κ2) is 10.4. The molecule has 0 aromatic rings. The summed E-state index contributed by atoms with van der Waals surface area (Å²) < 4.78 is 18.2. The Balaban J connectivity index is 4.66. The fourth-order valence-corrected chi connectivity index (χ4v) is 12.1. The van der Waals surface area contributed by atoms with Crippen LogP contribution >= 0.6 is 11.2 Å². The van der Waals surface area contributed by atoms with Crippen LogP contribution in [-0.2, 0) is 13.3 Å². The molecule has 0 saturated carbocycles. The summed E-state index contributed by atoms with van der Waals surface area (Å²) in [7, 11) is -3.64. The minimum absolute atomic E-state index is 0.742. The van der Waals surface area contributed by atoms with Crippen molar-refractivity contribution >= 4 is 27.2 Å². The van der Waals surface area contributed by atoms with Gasteiger partial charge in [0.05, 0.1) is 5.38 Å². The van der Waals surface area contributed by atoms with Crippen LogP contribution in [0, 0.1) is 0 Å². The lowest BCUT2D eigenvalue weighted by molar-refractivity contribution is 0.0650. The van der Waals surface area contributed by atoms with Crippen LogP contribution < -0.4 is 0 Å². The molecule has 0 aromatic heterocycles. The average molecular weight is 325 g/mol. The van der Waals surface area contributed by atoms with Crippen molar-refractivity contribution < 1.29 is 13.3 Å². The second-order valence-corrected chi connectivity index (χ2v) is 18.1. The van der Waals surface area contributed by atoms with Crippen molar-refractivity contribution in [3.05, 3.63) is 0 Å². The second-order valence-electron chi connectivity index (χ2n) is 5.63. The maximum atomic E-state index is 6.07. The highest BCUT2D eigenvalue weighted by atomic mass is 32.4. The van der Waals surface area contributed by atoms with E-state index in [1.165, 1.54) is 0 Å². The third kappa shape index (κ3) is 10.1. The highest BCUT2D eigenvalue weighted by molar-refractivity contribution is 8.29. The Bertz CT molecular complexity index is 201. The molecule has 0 rings (SSSR count). The van der Waals surface area contributed by atoms with Crippen LogP contribution in [0.1, 0.15) is 40.0 Å². The largest absolute Gasteiger partial charge is 0.510 e. The van der Waals surface area contributed by atoms with Crippen molar-refractivity contribution in [2.45, 2.75) is 59.7 Å². The third-order valence-corrected chi connectivity index (χ3v) is 10.9. The van der Waals surface area contributed by atoms with Gasteiger partial charge in [-0.05, 0) is 19.3 Å². The zero-order chi connectivity index (χ0) is 14.8. The summed E-state index contributed by atoms with van der Waals surface area (Å²) in [4.78, 5) is 0. The first-order chi connectivity index (χ1) is 8.89. The molecular formula is C13H32O3SSi2. The van der Waals surface area contributed by atoms with Gasteiger partial charge in [-0.25, -0.2) is 0 Å². The van der Waals surface area contributed by atoms with Gasteiger partial charge >= 0.3 is 8.80 Å². The van der Waals surface area contributed by atoms with Gasteiger partial charge in [-0.3, -0.25) is 0 Å². The van der Waals surface area contributed by atoms with Crippen molar-refractivity contribution in [1.29, 1.82) is 0 Å². The van der Waals surface area contributed by atoms with E-state index in [9.17, 15) is 0 Å². The fourth-order valence-electron chi connectivity index (χ4n) is 1.33. The third-order valence-electron chi connectivity index (χ3n) is 2.26. The van der Waals surface area contributed by atoms with E-state index in [1.54, 1.807) is 0 Å². The van der Waals surface area contributed by atoms with E-state index in [2.05, 4.69) is 40.4 Å². The maximum Gasteiger partial charge on any atom is 0.510 e. The average Bonchev–Trinajstić information content (AvgIpc) is 2.36. The Morgan fingerprint density at radius 3 is 1.37 bits per heavy atom. The SMILES string of the molecule is CCCO[Si](CS[Si](C)(C)C)(OCCC)OCCC. The van der Waals surface area contributed by atoms with Gasteiger partial charge in [-0.15, -0.1) is 0 Å². The summed E-state index contributed by atoms with van der Waals surface area (Å²) in [6, 6.07) is 0. The van der Waals surface area contributed by atoms with Crippen LogP contribution in [0.25, 0.3) is 0 Å². The summed E-state index contributed by atoms with van der Waals surface area (Å²) >= 11 is 2.02. The van der Waals surface area contributed by atoms with Gasteiger partial charge in [-0.2, -0.15) is 11.2 Å². The molecule has 0 N–H and O–H groups in total. The molecule has 0 spiro atoms. The first-order valence-corrected chi connectivity index (χ1v) is 14.6. The van der Waals surface area contributed by atoms with E-state index in [1.807, 2.05) is 11.2 Å². The van der Waals surface area contributed by atoms with E-state index < -0.39 is 16.0 Å².